The van der Waals surface area contributed by atoms with Crippen molar-refractivity contribution in [3.05, 3.63) is 254 Å². The zero-order chi connectivity index (χ0) is 50.3. The highest BCUT2D eigenvalue weighted by atomic mass is 15.1. The summed E-state index contributed by atoms with van der Waals surface area (Å²) in [6.45, 7) is 13.9. The molecule has 0 bridgehead atoms. The summed E-state index contributed by atoms with van der Waals surface area (Å²) in [7, 11) is 0. The first kappa shape index (κ1) is 45.2. The Kier molecular flexibility index (Phi) is 10.7. The van der Waals surface area contributed by atoms with Gasteiger partial charge in [0.2, 0.25) is 0 Å². The van der Waals surface area contributed by atoms with Crippen LogP contribution in [0.25, 0.3) is 104 Å². The molecule has 2 nitrogen and oxygen atoms in total. The third kappa shape index (κ3) is 7.64. The Labute approximate surface area is 434 Å². The molecule has 1 aromatic heterocycles. The van der Waals surface area contributed by atoms with Crippen LogP contribution in [0.4, 0.5) is 17.1 Å². The Morgan fingerprint density at radius 1 is 0.311 bits per heavy atom. The second-order valence-corrected chi connectivity index (χ2v) is 22.2. The molecule has 0 spiro atoms. The minimum Gasteiger partial charge on any atom is -0.310 e. The molecule has 356 valence electrons. The first-order chi connectivity index (χ1) is 36.0. The predicted octanol–water partition coefficient (Wildman–Crippen LogP) is 20.4. The van der Waals surface area contributed by atoms with Crippen LogP contribution in [-0.4, -0.2) is 4.57 Å². The van der Waals surface area contributed by atoms with Gasteiger partial charge in [-0.25, -0.2) is 0 Å². The van der Waals surface area contributed by atoms with Crippen LogP contribution in [0.1, 0.15) is 52.7 Å². The van der Waals surface area contributed by atoms with Gasteiger partial charge < -0.3 is 9.47 Å². The van der Waals surface area contributed by atoms with Gasteiger partial charge in [-0.3, -0.25) is 0 Å². The standard InChI is InChI=1S/C72H58N2/c1-71(2,3)53-35-41-67-63(45-53)64-46-54(72(4,5)6)36-42-68(64)74(67)66-40-34-50-31-37-61-65(39-33-49-32-38-62(66)70(50)69(49)61)73(55-25-17-23-51(43-55)59-29-15-13-27-57(59)47-19-9-7-10-20-47)56-26-18-24-52(44-56)60-30-16-14-28-58(60)48-21-11-8-12-22-48/h7-46H,1-6H3. The molecule has 0 aliphatic heterocycles. The molecule has 0 radical (unpaired) electrons. The van der Waals surface area contributed by atoms with E-state index in [0.717, 1.165) is 28.2 Å². The number of hydrogen-bond acceptors (Lipinski definition) is 1. The van der Waals surface area contributed by atoms with E-state index < -0.39 is 0 Å². The summed E-state index contributed by atoms with van der Waals surface area (Å²) < 4.78 is 2.53. The molecule has 1 heterocycles. The molecule has 0 N–H and O–H groups in total. The summed E-state index contributed by atoms with van der Waals surface area (Å²) in [6.07, 6.45) is 0. The van der Waals surface area contributed by atoms with Gasteiger partial charge in [-0.15, -0.1) is 0 Å². The van der Waals surface area contributed by atoms with E-state index in [1.807, 2.05) is 0 Å². The summed E-state index contributed by atoms with van der Waals surface area (Å²) in [5, 5.41) is 10.0. The summed E-state index contributed by atoms with van der Waals surface area (Å²) in [5.74, 6) is 0. The third-order valence-corrected chi connectivity index (χ3v) is 15.5. The second kappa shape index (κ2) is 17.5. The lowest BCUT2D eigenvalue weighted by atomic mass is 9.85. The molecule has 13 aromatic rings. The highest BCUT2D eigenvalue weighted by molar-refractivity contribution is 6.27. The van der Waals surface area contributed by atoms with Gasteiger partial charge in [0, 0.05) is 32.9 Å². The van der Waals surface area contributed by atoms with Crippen LogP contribution in [0, 0.1) is 0 Å². The fourth-order valence-corrected chi connectivity index (χ4v) is 11.6. The zero-order valence-electron chi connectivity index (χ0n) is 43.0. The van der Waals surface area contributed by atoms with E-state index in [1.165, 1.54) is 104 Å². The van der Waals surface area contributed by atoms with Gasteiger partial charge in [0.25, 0.3) is 0 Å². The summed E-state index contributed by atoms with van der Waals surface area (Å²) in [6, 6.07) is 90.4. The number of fused-ring (bicyclic) bond motifs is 3. The maximum atomic E-state index is 2.53. The van der Waals surface area contributed by atoms with E-state index in [1.54, 1.807) is 0 Å². The molecule has 74 heavy (non-hydrogen) atoms. The third-order valence-electron chi connectivity index (χ3n) is 15.5. The van der Waals surface area contributed by atoms with E-state index in [0.29, 0.717) is 0 Å². The van der Waals surface area contributed by atoms with E-state index in [4.69, 9.17) is 0 Å². The van der Waals surface area contributed by atoms with Crippen LogP contribution >= 0.6 is 0 Å². The van der Waals surface area contributed by atoms with Crippen molar-refractivity contribution in [3.8, 4) is 50.2 Å². The van der Waals surface area contributed by atoms with Gasteiger partial charge in [0.1, 0.15) is 0 Å². The number of anilines is 3. The van der Waals surface area contributed by atoms with Gasteiger partial charge >= 0.3 is 0 Å². The van der Waals surface area contributed by atoms with Crippen molar-refractivity contribution in [2.24, 2.45) is 0 Å². The molecule has 0 unspecified atom stereocenters. The van der Waals surface area contributed by atoms with Crippen molar-refractivity contribution in [2.75, 3.05) is 4.90 Å². The van der Waals surface area contributed by atoms with Gasteiger partial charge in [0.15, 0.2) is 0 Å². The van der Waals surface area contributed by atoms with Crippen molar-refractivity contribution in [1.82, 2.24) is 4.57 Å². The maximum Gasteiger partial charge on any atom is 0.0541 e. The predicted molar refractivity (Wildman–Crippen MR) is 318 cm³/mol. The molecule has 0 fully saturated rings. The lowest BCUT2D eigenvalue weighted by Crippen LogP contribution is -2.11. The molecule has 2 heteroatoms. The van der Waals surface area contributed by atoms with Crippen molar-refractivity contribution in [3.63, 3.8) is 0 Å². The molecule has 0 saturated carbocycles. The fourth-order valence-electron chi connectivity index (χ4n) is 11.6. The monoisotopic (exact) mass is 950 g/mol. The number of benzene rings is 12. The average molecular weight is 951 g/mol. The van der Waals surface area contributed by atoms with Gasteiger partial charge in [-0.2, -0.15) is 0 Å². The Balaban J connectivity index is 1.05. The Morgan fingerprint density at radius 2 is 0.716 bits per heavy atom. The summed E-state index contributed by atoms with van der Waals surface area (Å²) in [5.41, 5.74) is 19.2. The first-order valence-corrected chi connectivity index (χ1v) is 26.1. The maximum absolute atomic E-state index is 2.53. The highest BCUT2D eigenvalue weighted by Gasteiger charge is 2.25. The van der Waals surface area contributed by atoms with Crippen LogP contribution in [-0.2, 0) is 10.8 Å². The lowest BCUT2D eigenvalue weighted by Gasteiger charge is -2.29. The smallest absolute Gasteiger partial charge is 0.0541 e. The van der Waals surface area contributed by atoms with E-state index in [-0.39, 0.29) is 10.8 Å². The molecule has 13 rings (SSSR count). The molecule has 0 aliphatic carbocycles. The van der Waals surface area contributed by atoms with Crippen LogP contribution in [0.5, 0.6) is 0 Å². The van der Waals surface area contributed by atoms with Crippen LogP contribution in [0.15, 0.2) is 243 Å². The lowest BCUT2D eigenvalue weighted by molar-refractivity contribution is 0.590. The SMILES string of the molecule is CC(C)(C)c1ccc2c(c1)c1cc(C(C)(C)C)ccc1n2-c1ccc2ccc3c(N(c4cccc(-c5ccccc5-c5ccccc5)c4)c4cccc(-c5ccccc5-c5ccccc5)c4)ccc4ccc1c2c43. The average Bonchev–Trinajstić information content (AvgIpc) is 3.77. The zero-order valence-corrected chi connectivity index (χ0v) is 43.0. The van der Waals surface area contributed by atoms with E-state index >= 15 is 0 Å². The molecule has 0 atom stereocenters. The van der Waals surface area contributed by atoms with Crippen molar-refractivity contribution < 1.29 is 0 Å². The fraction of sp³-hybridized carbons (Fsp3) is 0.111. The quantitative estimate of drug-likeness (QED) is 0.138. The highest BCUT2D eigenvalue weighted by Crippen LogP contribution is 2.48. The molecule has 0 saturated heterocycles. The van der Waals surface area contributed by atoms with Gasteiger partial charge in [-0.1, -0.05) is 224 Å². The minimum absolute atomic E-state index is 0.0186. The molecular formula is C72H58N2. The van der Waals surface area contributed by atoms with E-state index in [2.05, 4.69) is 294 Å². The van der Waals surface area contributed by atoms with Crippen LogP contribution in [0.2, 0.25) is 0 Å². The topological polar surface area (TPSA) is 8.17 Å². The van der Waals surface area contributed by atoms with Crippen molar-refractivity contribution in [1.29, 1.82) is 0 Å². The summed E-state index contributed by atoms with van der Waals surface area (Å²) in [4.78, 5) is 2.49. The normalized spacial score (nSPS) is 12.2. The number of aromatic nitrogens is 1. The number of hydrogen-bond donors (Lipinski definition) is 0. The molecule has 12 aromatic carbocycles. The molecule has 0 aliphatic rings. The Bertz CT molecular complexity index is 4060. The second-order valence-electron chi connectivity index (χ2n) is 22.2. The van der Waals surface area contributed by atoms with E-state index in [9.17, 15) is 0 Å². The van der Waals surface area contributed by atoms with Crippen molar-refractivity contribution in [2.45, 2.75) is 52.4 Å². The van der Waals surface area contributed by atoms with Crippen LogP contribution in [0.3, 0.4) is 0 Å². The Hall–Kier alpha value is -8.72. The number of nitrogens with zero attached hydrogens (tertiary/aromatic N) is 2. The summed E-state index contributed by atoms with van der Waals surface area (Å²) >= 11 is 0. The first-order valence-electron chi connectivity index (χ1n) is 26.1. The number of rotatable bonds is 8. The largest absolute Gasteiger partial charge is 0.310 e. The van der Waals surface area contributed by atoms with Gasteiger partial charge in [0.05, 0.1) is 22.4 Å². The molecular weight excluding hydrogens is 893 g/mol. The Morgan fingerprint density at radius 3 is 1.20 bits per heavy atom. The van der Waals surface area contributed by atoms with Gasteiger partial charge in [-0.05, 0) is 149 Å². The van der Waals surface area contributed by atoms with Crippen molar-refractivity contribution >= 4 is 71.2 Å². The van der Waals surface area contributed by atoms with Crippen LogP contribution < -0.4 is 4.90 Å². The minimum atomic E-state index is 0.0186. The molecule has 0 amide bonds.